The highest BCUT2D eigenvalue weighted by Crippen LogP contribution is 2.31. The Hall–Kier alpha value is -1.42. The minimum absolute atomic E-state index is 0.260. The van der Waals surface area contributed by atoms with Gasteiger partial charge in [0.25, 0.3) is 0 Å². The maximum atomic E-state index is 10.5. The van der Waals surface area contributed by atoms with Crippen LogP contribution in [0.3, 0.4) is 0 Å². The van der Waals surface area contributed by atoms with Gasteiger partial charge in [0.05, 0.1) is 0 Å². The van der Waals surface area contributed by atoms with Gasteiger partial charge in [0, 0.05) is 24.9 Å². The highest BCUT2D eigenvalue weighted by Gasteiger charge is 2.25. The number of likely N-dealkylation sites (tertiary alicyclic amines) is 1. The second-order valence-electron chi connectivity index (χ2n) is 4.48. The average Bonchev–Trinajstić information content (AvgIpc) is 2.78. The maximum absolute atomic E-state index is 10.5. The Morgan fingerprint density at radius 2 is 2.47 bits per heavy atom. The standard InChI is InChI=1S/C13H18N2O2/c16-13(17)6-3-9-15-8-2-5-12(15)11-4-1-7-14-10-11/h1,4,7,10,12H,2-3,5-6,8-9H2,(H,16,17)/t12-/m0/s1. The van der Waals surface area contributed by atoms with Crippen LogP contribution in [0.25, 0.3) is 0 Å². The van der Waals surface area contributed by atoms with Gasteiger partial charge in [-0.2, -0.15) is 0 Å². The van der Waals surface area contributed by atoms with Crippen LogP contribution in [-0.2, 0) is 4.79 Å². The van der Waals surface area contributed by atoms with Crippen LogP contribution >= 0.6 is 0 Å². The van der Waals surface area contributed by atoms with Crippen molar-refractivity contribution in [3.8, 4) is 0 Å². The second kappa shape index (κ2) is 5.77. The Kier molecular flexibility index (Phi) is 4.09. The molecule has 0 saturated carbocycles. The van der Waals surface area contributed by atoms with E-state index in [4.69, 9.17) is 5.11 Å². The zero-order valence-corrected chi connectivity index (χ0v) is 9.88. The van der Waals surface area contributed by atoms with E-state index < -0.39 is 5.97 Å². The van der Waals surface area contributed by atoms with Gasteiger partial charge in [-0.15, -0.1) is 0 Å². The van der Waals surface area contributed by atoms with Gasteiger partial charge >= 0.3 is 5.97 Å². The van der Waals surface area contributed by atoms with Crippen LogP contribution in [0.15, 0.2) is 24.5 Å². The van der Waals surface area contributed by atoms with E-state index in [9.17, 15) is 4.79 Å². The highest BCUT2D eigenvalue weighted by molar-refractivity contribution is 5.66. The van der Waals surface area contributed by atoms with E-state index in [-0.39, 0.29) is 6.42 Å². The fourth-order valence-electron chi connectivity index (χ4n) is 2.48. The smallest absolute Gasteiger partial charge is 0.303 e. The summed E-state index contributed by atoms with van der Waals surface area (Å²) in [6.45, 7) is 1.94. The van der Waals surface area contributed by atoms with Gasteiger partial charge in [0.15, 0.2) is 0 Å². The van der Waals surface area contributed by atoms with Gasteiger partial charge in [-0.05, 0) is 44.0 Å². The maximum Gasteiger partial charge on any atom is 0.303 e. The Morgan fingerprint density at radius 1 is 1.59 bits per heavy atom. The number of hydrogen-bond donors (Lipinski definition) is 1. The van der Waals surface area contributed by atoms with Gasteiger partial charge < -0.3 is 5.11 Å². The van der Waals surface area contributed by atoms with Crippen LogP contribution in [-0.4, -0.2) is 34.0 Å². The van der Waals surface area contributed by atoms with Gasteiger partial charge in [0.1, 0.15) is 0 Å². The van der Waals surface area contributed by atoms with E-state index >= 15 is 0 Å². The molecule has 0 aliphatic carbocycles. The van der Waals surface area contributed by atoms with Crippen molar-refractivity contribution in [1.29, 1.82) is 0 Å². The lowest BCUT2D eigenvalue weighted by atomic mass is 10.1. The lowest BCUT2D eigenvalue weighted by Crippen LogP contribution is -2.25. The van der Waals surface area contributed by atoms with E-state index in [0.29, 0.717) is 6.04 Å². The predicted octanol–water partition coefficient (Wildman–Crippen LogP) is 2.08. The number of nitrogens with zero attached hydrogens (tertiary/aromatic N) is 2. The molecule has 92 valence electrons. The molecule has 1 fully saturated rings. The summed E-state index contributed by atoms with van der Waals surface area (Å²) in [7, 11) is 0. The fraction of sp³-hybridized carbons (Fsp3) is 0.538. The number of hydrogen-bond acceptors (Lipinski definition) is 3. The number of pyridine rings is 1. The molecule has 1 aromatic rings. The summed E-state index contributed by atoms with van der Waals surface area (Å²) in [6, 6.07) is 4.49. The van der Waals surface area contributed by atoms with Crippen molar-refractivity contribution in [3.63, 3.8) is 0 Å². The lowest BCUT2D eigenvalue weighted by molar-refractivity contribution is -0.137. The molecule has 0 aromatic carbocycles. The zero-order valence-electron chi connectivity index (χ0n) is 9.88. The van der Waals surface area contributed by atoms with Crippen molar-refractivity contribution in [2.45, 2.75) is 31.7 Å². The van der Waals surface area contributed by atoms with Crippen LogP contribution < -0.4 is 0 Å². The molecule has 1 saturated heterocycles. The molecule has 1 aromatic heterocycles. The number of carbonyl (C=O) groups is 1. The van der Waals surface area contributed by atoms with Gasteiger partial charge in [-0.1, -0.05) is 6.07 Å². The molecule has 0 spiro atoms. The zero-order chi connectivity index (χ0) is 12.1. The van der Waals surface area contributed by atoms with Crippen molar-refractivity contribution < 1.29 is 9.90 Å². The van der Waals surface area contributed by atoms with Crippen LogP contribution in [0.2, 0.25) is 0 Å². The number of aromatic nitrogens is 1. The topological polar surface area (TPSA) is 53.4 Å². The van der Waals surface area contributed by atoms with Crippen molar-refractivity contribution in [3.05, 3.63) is 30.1 Å². The molecule has 2 heterocycles. The van der Waals surface area contributed by atoms with Crippen molar-refractivity contribution in [1.82, 2.24) is 9.88 Å². The first-order valence-electron chi connectivity index (χ1n) is 6.13. The first-order chi connectivity index (χ1) is 8.27. The van der Waals surface area contributed by atoms with E-state index in [2.05, 4.69) is 16.0 Å². The number of aliphatic carboxylic acids is 1. The summed E-state index contributed by atoms with van der Waals surface area (Å²) >= 11 is 0. The highest BCUT2D eigenvalue weighted by atomic mass is 16.4. The molecule has 0 unspecified atom stereocenters. The molecule has 4 heteroatoms. The molecule has 1 N–H and O–H groups in total. The van der Waals surface area contributed by atoms with Crippen molar-refractivity contribution >= 4 is 5.97 Å². The third-order valence-corrected chi connectivity index (χ3v) is 3.27. The quantitative estimate of drug-likeness (QED) is 0.847. The molecule has 0 bridgehead atoms. The minimum Gasteiger partial charge on any atom is -0.481 e. The van der Waals surface area contributed by atoms with Crippen LogP contribution in [0.1, 0.15) is 37.3 Å². The third-order valence-electron chi connectivity index (χ3n) is 3.27. The summed E-state index contributed by atoms with van der Waals surface area (Å²) in [5.74, 6) is -0.706. The molecule has 17 heavy (non-hydrogen) atoms. The van der Waals surface area contributed by atoms with Gasteiger partial charge in [-0.3, -0.25) is 14.7 Å². The van der Waals surface area contributed by atoms with E-state index in [1.807, 2.05) is 12.3 Å². The summed E-state index contributed by atoms with van der Waals surface area (Å²) in [6.07, 6.45) is 7.03. The van der Waals surface area contributed by atoms with Crippen LogP contribution in [0, 0.1) is 0 Å². The van der Waals surface area contributed by atoms with E-state index in [1.165, 1.54) is 12.0 Å². The summed E-state index contributed by atoms with van der Waals surface area (Å²) in [4.78, 5) is 17.0. The molecule has 2 rings (SSSR count). The SMILES string of the molecule is O=C(O)CCCN1CCC[C@H]1c1cccnc1. The third kappa shape index (κ3) is 3.27. The number of carboxylic acids is 1. The van der Waals surface area contributed by atoms with Crippen LogP contribution in [0.4, 0.5) is 0 Å². The first kappa shape index (κ1) is 12.0. The molecule has 1 aliphatic rings. The van der Waals surface area contributed by atoms with Crippen molar-refractivity contribution in [2.24, 2.45) is 0 Å². The van der Waals surface area contributed by atoms with Crippen molar-refractivity contribution in [2.75, 3.05) is 13.1 Å². The molecular formula is C13H18N2O2. The fourth-order valence-corrected chi connectivity index (χ4v) is 2.48. The average molecular weight is 234 g/mol. The van der Waals surface area contributed by atoms with Crippen LogP contribution in [0.5, 0.6) is 0 Å². The molecule has 1 atom stereocenters. The largest absolute Gasteiger partial charge is 0.481 e. The first-order valence-corrected chi connectivity index (χ1v) is 6.13. The number of carboxylic acid groups (broad SMARTS) is 1. The Balaban J connectivity index is 1.91. The second-order valence-corrected chi connectivity index (χ2v) is 4.48. The van der Waals surface area contributed by atoms with E-state index in [1.54, 1.807) is 6.20 Å². The van der Waals surface area contributed by atoms with E-state index in [0.717, 1.165) is 25.9 Å². The molecular weight excluding hydrogens is 216 g/mol. The Labute approximate surface area is 101 Å². The summed E-state index contributed by atoms with van der Waals surface area (Å²) in [5.41, 5.74) is 1.25. The Bertz CT molecular complexity index is 367. The lowest BCUT2D eigenvalue weighted by Gasteiger charge is -2.24. The number of rotatable bonds is 5. The molecule has 1 aliphatic heterocycles. The molecule has 0 amide bonds. The Morgan fingerprint density at radius 3 is 3.18 bits per heavy atom. The van der Waals surface area contributed by atoms with Gasteiger partial charge in [0.2, 0.25) is 0 Å². The minimum atomic E-state index is -0.706. The molecule has 0 radical (unpaired) electrons. The summed E-state index contributed by atoms with van der Waals surface area (Å²) < 4.78 is 0. The normalized spacial score (nSPS) is 20.6. The molecule has 4 nitrogen and oxygen atoms in total. The predicted molar refractivity (Wildman–Crippen MR) is 64.7 cm³/mol. The summed E-state index contributed by atoms with van der Waals surface area (Å²) in [5, 5.41) is 8.64. The van der Waals surface area contributed by atoms with Gasteiger partial charge in [-0.25, -0.2) is 0 Å². The monoisotopic (exact) mass is 234 g/mol.